The maximum Gasteiger partial charge on any atom is 0.228 e. The number of likely N-dealkylation sites (tertiary alicyclic amines) is 1. The molecule has 1 aliphatic rings. The van der Waals surface area contributed by atoms with Gasteiger partial charge in [0.05, 0.1) is 11.8 Å². The van der Waals surface area contributed by atoms with Crippen LogP contribution in [0.1, 0.15) is 24.5 Å². The van der Waals surface area contributed by atoms with Crippen molar-refractivity contribution < 1.29 is 9.59 Å². The first-order valence-corrected chi connectivity index (χ1v) is 11.6. The fourth-order valence-corrected chi connectivity index (χ4v) is 5.13. The standard InChI is InChI=1S/C25H27N3O2S/c1-2-27-24(30)25(16-20-8-3-4-9-21(20)22-10-6-14-31-22)11-13-28(18-25)23(29)15-19-7-5-12-26-17-19/h3-10,12,14,17H,2,11,13,15-16,18H2,1H3,(H,27,30)/t25-/m0/s1. The van der Waals surface area contributed by atoms with Gasteiger partial charge < -0.3 is 10.2 Å². The first-order valence-electron chi connectivity index (χ1n) is 10.7. The molecular weight excluding hydrogens is 406 g/mol. The molecule has 1 aliphatic heterocycles. The van der Waals surface area contributed by atoms with Crippen molar-refractivity contribution in [2.45, 2.75) is 26.2 Å². The summed E-state index contributed by atoms with van der Waals surface area (Å²) in [6, 6.07) is 16.2. The molecule has 0 unspecified atom stereocenters. The number of rotatable bonds is 7. The van der Waals surface area contributed by atoms with Gasteiger partial charge in [0.25, 0.3) is 0 Å². The van der Waals surface area contributed by atoms with Gasteiger partial charge in [0.2, 0.25) is 11.8 Å². The lowest BCUT2D eigenvalue weighted by Gasteiger charge is -2.29. The smallest absolute Gasteiger partial charge is 0.228 e. The van der Waals surface area contributed by atoms with Crippen LogP contribution in [0.2, 0.25) is 0 Å². The average molecular weight is 434 g/mol. The number of carbonyl (C=O) groups excluding carboxylic acids is 2. The molecule has 160 valence electrons. The topological polar surface area (TPSA) is 62.3 Å². The number of hydrogen-bond acceptors (Lipinski definition) is 4. The summed E-state index contributed by atoms with van der Waals surface area (Å²) in [5.41, 5.74) is 2.60. The van der Waals surface area contributed by atoms with Gasteiger partial charge in [-0.25, -0.2) is 0 Å². The number of thiophene rings is 1. The second kappa shape index (κ2) is 9.43. The molecule has 0 aliphatic carbocycles. The van der Waals surface area contributed by atoms with E-state index in [1.165, 1.54) is 10.4 Å². The van der Waals surface area contributed by atoms with Crippen LogP contribution in [-0.4, -0.2) is 41.3 Å². The summed E-state index contributed by atoms with van der Waals surface area (Å²) in [7, 11) is 0. The van der Waals surface area contributed by atoms with Crippen molar-refractivity contribution in [3.63, 3.8) is 0 Å². The summed E-state index contributed by atoms with van der Waals surface area (Å²) in [6.45, 7) is 3.55. The van der Waals surface area contributed by atoms with Crippen LogP contribution in [0, 0.1) is 5.41 Å². The molecule has 6 heteroatoms. The van der Waals surface area contributed by atoms with Crippen LogP contribution in [0.3, 0.4) is 0 Å². The van der Waals surface area contributed by atoms with Crippen LogP contribution in [0.5, 0.6) is 0 Å². The largest absolute Gasteiger partial charge is 0.356 e. The third kappa shape index (κ3) is 4.69. The second-order valence-electron chi connectivity index (χ2n) is 8.05. The maximum atomic E-state index is 13.2. The fraction of sp³-hybridized carbons (Fsp3) is 0.320. The van der Waals surface area contributed by atoms with Crippen molar-refractivity contribution in [1.82, 2.24) is 15.2 Å². The van der Waals surface area contributed by atoms with Gasteiger partial charge >= 0.3 is 0 Å². The Morgan fingerprint density at radius 1 is 1.16 bits per heavy atom. The van der Waals surface area contributed by atoms with Gasteiger partial charge in [-0.15, -0.1) is 11.3 Å². The molecule has 1 fully saturated rings. The number of aromatic nitrogens is 1. The first-order chi connectivity index (χ1) is 15.1. The number of nitrogens with one attached hydrogen (secondary N) is 1. The molecule has 1 N–H and O–H groups in total. The van der Waals surface area contributed by atoms with Gasteiger partial charge in [-0.05, 0) is 54.0 Å². The van der Waals surface area contributed by atoms with Crippen LogP contribution in [0.15, 0.2) is 66.3 Å². The van der Waals surface area contributed by atoms with E-state index in [2.05, 4.69) is 33.9 Å². The minimum absolute atomic E-state index is 0.0349. The average Bonchev–Trinajstić information content (AvgIpc) is 3.46. The highest BCUT2D eigenvalue weighted by Crippen LogP contribution is 2.38. The Labute approximate surface area is 187 Å². The molecule has 1 saturated heterocycles. The monoisotopic (exact) mass is 433 g/mol. The van der Waals surface area contributed by atoms with Crippen molar-refractivity contribution in [2.24, 2.45) is 5.41 Å². The molecule has 2 aromatic heterocycles. The van der Waals surface area contributed by atoms with E-state index in [1.54, 1.807) is 23.7 Å². The highest BCUT2D eigenvalue weighted by Gasteiger charge is 2.46. The third-order valence-corrected chi connectivity index (χ3v) is 6.84. The van der Waals surface area contributed by atoms with E-state index in [9.17, 15) is 9.59 Å². The lowest BCUT2D eigenvalue weighted by molar-refractivity contribution is -0.132. The maximum absolute atomic E-state index is 13.2. The van der Waals surface area contributed by atoms with Crippen molar-refractivity contribution in [3.8, 4) is 10.4 Å². The van der Waals surface area contributed by atoms with Crippen molar-refractivity contribution in [3.05, 3.63) is 77.4 Å². The molecule has 3 heterocycles. The van der Waals surface area contributed by atoms with Crippen molar-refractivity contribution in [1.29, 1.82) is 0 Å². The van der Waals surface area contributed by atoms with Gasteiger partial charge in [0.1, 0.15) is 0 Å². The molecular formula is C25H27N3O2S. The van der Waals surface area contributed by atoms with E-state index in [-0.39, 0.29) is 11.8 Å². The molecule has 0 bridgehead atoms. The van der Waals surface area contributed by atoms with Crippen LogP contribution in [0.25, 0.3) is 10.4 Å². The van der Waals surface area contributed by atoms with Gasteiger partial charge in [-0.2, -0.15) is 0 Å². The Balaban J connectivity index is 1.58. The fourth-order valence-electron chi connectivity index (χ4n) is 4.34. The van der Waals surface area contributed by atoms with Crippen LogP contribution < -0.4 is 5.32 Å². The van der Waals surface area contributed by atoms with Gasteiger partial charge in [0.15, 0.2) is 0 Å². The van der Waals surface area contributed by atoms with E-state index in [0.717, 1.165) is 11.1 Å². The van der Waals surface area contributed by atoms with Crippen molar-refractivity contribution in [2.75, 3.05) is 19.6 Å². The SMILES string of the molecule is CCNC(=O)[C@]1(Cc2ccccc2-c2cccs2)CCN(C(=O)Cc2cccnc2)C1. The zero-order valence-corrected chi connectivity index (χ0v) is 18.5. The number of benzene rings is 1. The van der Waals surface area contributed by atoms with Gasteiger partial charge in [-0.1, -0.05) is 36.4 Å². The highest BCUT2D eigenvalue weighted by atomic mass is 32.1. The predicted molar refractivity (Wildman–Crippen MR) is 124 cm³/mol. The summed E-state index contributed by atoms with van der Waals surface area (Å²) in [4.78, 5) is 33.3. The lowest BCUT2D eigenvalue weighted by Crippen LogP contribution is -2.45. The highest BCUT2D eigenvalue weighted by molar-refractivity contribution is 7.13. The molecule has 4 rings (SSSR count). The molecule has 0 radical (unpaired) electrons. The lowest BCUT2D eigenvalue weighted by atomic mass is 9.78. The Morgan fingerprint density at radius 2 is 2.03 bits per heavy atom. The number of pyridine rings is 1. The van der Waals surface area contributed by atoms with Gasteiger partial charge in [-0.3, -0.25) is 14.6 Å². The Hall–Kier alpha value is -2.99. The Bertz CT molecular complexity index is 1040. The van der Waals surface area contributed by atoms with Crippen LogP contribution in [-0.2, 0) is 22.4 Å². The second-order valence-corrected chi connectivity index (χ2v) is 9.00. The molecule has 3 aromatic rings. The zero-order valence-electron chi connectivity index (χ0n) is 17.7. The van der Waals surface area contributed by atoms with Crippen LogP contribution >= 0.6 is 11.3 Å². The Morgan fingerprint density at radius 3 is 2.77 bits per heavy atom. The summed E-state index contributed by atoms with van der Waals surface area (Å²) < 4.78 is 0. The zero-order chi connectivity index (χ0) is 21.7. The number of amides is 2. The Kier molecular flexibility index (Phi) is 6.47. The predicted octanol–water partition coefficient (Wildman–Crippen LogP) is 3.95. The number of hydrogen-bond donors (Lipinski definition) is 1. The number of carbonyl (C=O) groups is 2. The van der Waals surface area contributed by atoms with E-state index >= 15 is 0 Å². The summed E-state index contributed by atoms with van der Waals surface area (Å²) in [5, 5.41) is 5.10. The van der Waals surface area contributed by atoms with Crippen molar-refractivity contribution >= 4 is 23.2 Å². The number of nitrogens with zero attached hydrogens (tertiary/aromatic N) is 2. The molecule has 1 aromatic carbocycles. The van der Waals surface area contributed by atoms with E-state index in [1.807, 2.05) is 42.2 Å². The quantitative estimate of drug-likeness (QED) is 0.614. The molecule has 1 atom stereocenters. The van der Waals surface area contributed by atoms with Crippen LogP contribution in [0.4, 0.5) is 0 Å². The molecule has 2 amide bonds. The molecule has 31 heavy (non-hydrogen) atoms. The molecule has 0 spiro atoms. The van der Waals surface area contributed by atoms with E-state index in [0.29, 0.717) is 38.9 Å². The minimum Gasteiger partial charge on any atom is -0.356 e. The normalized spacial score (nSPS) is 18.2. The summed E-state index contributed by atoms with van der Waals surface area (Å²) in [6.07, 6.45) is 5.02. The van der Waals surface area contributed by atoms with E-state index < -0.39 is 5.41 Å². The minimum atomic E-state index is -0.617. The summed E-state index contributed by atoms with van der Waals surface area (Å²) in [5.74, 6) is 0.0818. The summed E-state index contributed by atoms with van der Waals surface area (Å²) >= 11 is 1.70. The molecule has 0 saturated carbocycles. The molecule has 5 nitrogen and oxygen atoms in total. The first kappa shape index (κ1) is 21.2. The third-order valence-electron chi connectivity index (χ3n) is 5.94. The van der Waals surface area contributed by atoms with Gasteiger partial charge in [0, 0.05) is 36.9 Å². The van der Waals surface area contributed by atoms with E-state index in [4.69, 9.17) is 0 Å².